The van der Waals surface area contributed by atoms with Gasteiger partial charge in [-0.25, -0.2) is 0 Å². The molecule has 0 N–H and O–H groups in total. The molecule has 0 fully saturated rings. The molecular formula is C19H22N4. The van der Waals surface area contributed by atoms with Crippen molar-refractivity contribution < 1.29 is 0 Å². The molecule has 0 atom stereocenters. The first-order valence-electron chi connectivity index (χ1n) is 7.94. The fourth-order valence-corrected chi connectivity index (χ4v) is 2.65. The zero-order chi connectivity index (χ0) is 15.9. The van der Waals surface area contributed by atoms with E-state index in [1.807, 2.05) is 36.3 Å². The van der Waals surface area contributed by atoms with Gasteiger partial charge in [-0.15, -0.1) is 0 Å². The van der Waals surface area contributed by atoms with Gasteiger partial charge in [0, 0.05) is 39.1 Å². The molecule has 0 aliphatic rings. The molecule has 0 saturated carbocycles. The first-order chi connectivity index (χ1) is 11.3. The highest BCUT2D eigenvalue weighted by atomic mass is 15.3. The predicted molar refractivity (Wildman–Crippen MR) is 91.7 cm³/mol. The fourth-order valence-electron chi connectivity index (χ4n) is 2.65. The van der Waals surface area contributed by atoms with Crippen molar-refractivity contribution in [2.45, 2.75) is 19.5 Å². The van der Waals surface area contributed by atoms with Crippen LogP contribution in [0.25, 0.3) is 0 Å². The third-order valence-electron chi connectivity index (χ3n) is 3.98. The van der Waals surface area contributed by atoms with E-state index in [9.17, 15) is 0 Å². The van der Waals surface area contributed by atoms with E-state index < -0.39 is 0 Å². The Morgan fingerprint density at radius 2 is 1.74 bits per heavy atom. The molecule has 4 nitrogen and oxygen atoms in total. The average Bonchev–Trinajstić information content (AvgIpc) is 2.99. The number of aromatic nitrogens is 3. The van der Waals surface area contributed by atoms with Crippen LogP contribution in [0.5, 0.6) is 0 Å². The van der Waals surface area contributed by atoms with Crippen LogP contribution in [0.15, 0.2) is 67.0 Å². The van der Waals surface area contributed by atoms with Crippen LogP contribution in [-0.2, 0) is 26.6 Å². The van der Waals surface area contributed by atoms with Crippen LogP contribution in [0.3, 0.4) is 0 Å². The number of rotatable bonds is 7. The zero-order valence-electron chi connectivity index (χ0n) is 13.5. The zero-order valence-corrected chi connectivity index (χ0v) is 13.5. The number of aryl methyl sites for hydroxylation is 1. The van der Waals surface area contributed by atoms with Crippen molar-refractivity contribution in [1.29, 1.82) is 0 Å². The van der Waals surface area contributed by atoms with Crippen LogP contribution in [0, 0.1) is 0 Å². The second-order valence-electron chi connectivity index (χ2n) is 5.71. The van der Waals surface area contributed by atoms with Gasteiger partial charge in [0.2, 0.25) is 0 Å². The maximum atomic E-state index is 4.46. The molecule has 0 unspecified atom stereocenters. The summed E-state index contributed by atoms with van der Waals surface area (Å²) in [5.74, 6) is 0. The maximum Gasteiger partial charge on any atom is 0.0544 e. The van der Waals surface area contributed by atoms with E-state index in [1.165, 1.54) is 11.3 Å². The molecule has 4 heteroatoms. The third-order valence-corrected chi connectivity index (χ3v) is 3.98. The first kappa shape index (κ1) is 15.4. The van der Waals surface area contributed by atoms with E-state index in [0.29, 0.717) is 0 Å². The van der Waals surface area contributed by atoms with E-state index in [0.717, 1.165) is 31.7 Å². The number of nitrogens with zero attached hydrogens (tertiary/aromatic N) is 4. The van der Waals surface area contributed by atoms with Crippen molar-refractivity contribution in [3.05, 3.63) is 83.9 Å². The first-order valence-corrected chi connectivity index (χ1v) is 7.94. The Morgan fingerprint density at radius 1 is 0.913 bits per heavy atom. The standard InChI is InChI=1S/C19H22N4/c1-22-19(10-13-21-22)16-23(15-18-9-5-6-12-20-18)14-11-17-7-3-2-4-8-17/h2-10,12-13H,11,14-16H2,1H3. The van der Waals surface area contributed by atoms with Gasteiger partial charge in [-0.1, -0.05) is 36.4 Å². The molecular weight excluding hydrogens is 284 g/mol. The lowest BCUT2D eigenvalue weighted by Crippen LogP contribution is -2.26. The lowest BCUT2D eigenvalue weighted by Gasteiger charge is -2.22. The minimum atomic E-state index is 0.846. The molecule has 0 spiro atoms. The van der Waals surface area contributed by atoms with E-state index >= 15 is 0 Å². The Labute approximate surface area is 137 Å². The Kier molecular flexibility index (Phi) is 5.17. The van der Waals surface area contributed by atoms with E-state index in [2.05, 4.69) is 57.4 Å². The average molecular weight is 306 g/mol. The summed E-state index contributed by atoms with van der Waals surface area (Å²) in [6, 6.07) is 18.8. The van der Waals surface area contributed by atoms with Crippen LogP contribution < -0.4 is 0 Å². The monoisotopic (exact) mass is 306 g/mol. The van der Waals surface area contributed by atoms with Crippen molar-refractivity contribution in [1.82, 2.24) is 19.7 Å². The van der Waals surface area contributed by atoms with Gasteiger partial charge in [0.15, 0.2) is 0 Å². The molecule has 2 aromatic heterocycles. The topological polar surface area (TPSA) is 34.0 Å². The van der Waals surface area contributed by atoms with Gasteiger partial charge in [-0.2, -0.15) is 5.10 Å². The Balaban J connectivity index is 1.69. The van der Waals surface area contributed by atoms with Crippen LogP contribution in [0.2, 0.25) is 0 Å². The number of hydrogen-bond acceptors (Lipinski definition) is 3. The molecule has 0 aliphatic heterocycles. The quantitative estimate of drug-likeness (QED) is 0.673. The van der Waals surface area contributed by atoms with Gasteiger partial charge < -0.3 is 0 Å². The molecule has 0 bridgehead atoms. The van der Waals surface area contributed by atoms with Gasteiger partial charge in [-0.05, 0) is 30.2 Å². The van der Waals surface area contributed by atoms with Crippen molar-refractivity contribution in [2.75, 3.05) is 6.54 Å². The Bertz CT molecular complexity index is 707. The van der Waals surface area contributed by atoms with Crippen LogP contribution >= 0.6 is 0 Å². The van der Waals surface area contributed by atoms with Gasteiger partial charge in [-0.3, -0.25) is 14.6 Å². The summed E-state index contributed by atoms with van der Waals surface area (Å²) in [7, 11) is 1.99. The highest BCUT2D eigenvalue weighted by molar-refractivity contribution is 5.15. The Hall–Kier alpha value is -2.46. The smallest absolute Gasteiger partial charge is 0.0544 e. The van der Waals surface area contributed by atoms with Gasteiger partial charge in [0.25, 0.3) is 0 Å². The number of pyridine rings is 1. The van der Waals surface area contributed by atoms with Crippen LogP contribution in [-0.4, -0.2) is 26.2 Å². The highest BCUT2D eigenvalue weighted by Crippen LogP contribution is 2.10. The molecule has 0 aliphatic carbocycles. The fraction of sp³-hybridized carbons (Fsp3) is 0.263. The van der Waals surface area contributed by atoms with Gasteiger partial charge in [0.05, 0.1) is 11.4 Å². The minimum Gasteiger partial charge on any atom is -0.291 e. The lowest BCUT2D eigenvalue weighted by molar-refractivity contribution is 0.250. The normalized spacial score (nSPS) is 11.0. The predicted octanol–water partition coefficient (Wildman–Crippen LogP) is 3.06. The van der Waals surface area contributed by atoms with E-state index in [4.69, 9.17) is 0 Å². The van der Waals surface area contributed by atoms with Gasteiger partial charge >= 0.3 is 0 Å². The second-order valence-corrected chi connectivity index (χ2v) is 5.71. The molecule has 118 valence electrons. The van der Waals surface area contributed by atoms with Crippen molar-refractivity contribution in [2.24, 2.45) is 7.05 Å². The summed E-state index contributed by atoms with van der Waals surface area (Å²) in [4.78, 5) is 6.88. The van der Waals surface area contributed by atoms with E-state index in [-0.39, 0.29) is 0 Å². The minimum absolute atomic E-state index is 0.846. The summed E-state index contributed by atoms with van der Waals surface area (Å²) in [6.07, 6.45) is 4.74. The second kappa shape index (κ2) is 7.70. The maximum absolute atomic E-state index is 4.46. The SMILES string of the molecule is Cn1nccc1CN(CCc1ccccc1)Cc1ccccn1. The molecule has 23 heavy (non-hydrogen) atoms. The third kappa shape index (κ3) is 4.50. The Morgan fingerprint density at radius 3 is 2.43 bits per heavy atom. The lowest BCUT2D eigenvalue weighted by atomic mass is 10.1. The number of benzene rings is 1. The van der Waals surface area contributed by atoms with Crippen molar-refractivity contribution >= 4 is 0 Å². The molecule has 2 heterocycles. The largest absolute Gasteiger partial charge is 0.291 e. The van der Waals surface area contributed by atoms with Crippen LogP contribution in [0.4, 0.5) is 0 Å². The summed E-state index contributed by atoms with van der Waals surface area (Å²) >= 11 is 0. The summed E-state index contributed by atoms with van der Waals surface area (Å²) in [6.45, 7) is 2.71. The van der Waals surface area contributed by atoms with Crippen LogP contribution in [0.1, 0.15) is 17.0 Å². The molecule has 3 rings (SSSR count). The van der Waals surface area contributed by atoms with E-state index in [1.54, 1.807) is 0 Å². The van der Waals surface area contributed by atoms with Gasteiger partial charge in [0.1, 0.15) is 0 Å². The molecule has 1 aromatic carbocycles. The molecule has 0 radical (unpaired) electrons. The number of hydrogen-bond donors (Lipinski definition) is 0. The molecule has 0 amide bonds. The molecule has 3 aromatic rings. The highest BCUT2D eigenvalue weighted by Gasteiger charge is 2.10. The summed E-state index contributed by atoms with van der Waals surface area (Å²) in [5.41, 5.74) is 3.68. The molecule has 0 saturated heterocycles. The van der Waals surface area contributed by atoms with Crippen molar-refractivity contribution in [3.63, 3.8) is 0 Å². The summed E-state index contributed by atoms with van der Waals surface area (Å²) in [5, 5.41) is 4.27. The van der Waals surface area contributed by atoms with Crippen molar-refractivity contribution in [3.8, 4) is 0 Å². The summed E-state index contributed by atoms with van der Waals surface area (Å²) < 4.78 is 1.94.